The molecule has 0 heterocycles. The molecule has 21 heavy (non-hydrogen) atoms. The number of esters is 1. The van der Waals surface area contributed by atoms with Crippen LogP contribution in [0.5, 0.6) is 0 Å². The van der Waals surface area contributed by atoms with Crippen molar-refractivity contribution in [3.8, 4) is 0 Å². The van der Waals surface area contributed by atoms with Crippen LogP contribution in [0.25, 0.3) is 0 Å². The van der Waals surface area contributed by atoms with E-state index in [0.717, 1.165) is 0 Å². The molecule has 0 aromatic rings. The Balaban J connectivity index is 2.37. The lowest BCUT2D eigenvalue weighted by Gasteiger charge is -2.31. The Labute approximate surface area is 122 Å². The van der Waals surface area contributed by atoms with Gasteiger partial charge < -0.3 is 9.64 Å². The predicted molar refractivity (Wildman–Crippen MR) is 70.4 cm³/mol. The van der Waals surface area contributed by atoms with Crippen molar-refractivity contribution in [2.45, 2.75) is 45.2 Å². The van der Waals surface area contributed by atoms with Crippen molar-refractivity contribution >= 4 is 11.9 Å². The second kappa shape index (κ2) is 7.66. The molecule has 4 nitrogen and oxygen atoms in total. The Hall–Kier alpha value is -1.27. The van der Waals surface area contributed by atoms with Gasteiger partial charge in [0.1, 0.15) is 0 Å². The molecule has 0 saturated heterocycles. The van der Waals surface area contributed by atoms with E-state index in [1.165, 1.54) is 4.90 Å². The molecule has 1 amide bonds. The Morgan fingerprint density at radius 2 is 1.76 bits per heavy atom. The molecular formula is C14H22F3NO3. The van der Waals surface area contributed by atoms with Gasteiger partial charge in [-0.1, -0.05) is 0 Å². The molecule has 0 atom stereocenters. The van der Waals surface area contributed by atoms with Gasteiger partial charge >= 0.3 is 12.1 Å². The monoisotopic (exact) mass is 309 g/mol. The van der Waals surface area contributed by atoms with Crippen molar-refractivity contribution in [2.75, 3.05) is 20.2 Å². The van der Waals surface area contributed by atoms with E-state index < -0.39 is 12.1 Å². The lowest BCUT2D eigenvalue weighted by molar-refractivity contribution is -0.185. The van der Waals surface area contributed by atoms with E-state index in [0.29, 0.717) is 0 Å². The van der Waals surface area contributed by atoms with Crippen LogP contribution in [0, 0.1) is 11.8 Å². The summed E-state index contributed by atoms with van der Waals surface area (Å²) in [6, 6.07) is 0. The number of rotatable bonds is 5. The highest BCUT2D eigenvalue weighted by molar-refractivity contribution is 5.79. The average molecular weight is 309 g/mol. The van der Waals surface area contributed by atoms with E-state index >= 15 is 0 Å². The first-order valence-corrected chi connectivity index (χ1v) is 7.23. The topological polar surface area (TPSA) is 46.6 Å². The molecule has 0 aliphatic heterocycles. The van der Waals surface area contributed by atoms with Crippen LogP contribution >= 0.6 is 0 Å². The number of amides is 1. The Morgan fingerprint density at radius 3 is 2.24 bits per heavy atom. The number of alkyl halides is 3. The van der Waals surface area contributed by atoms with Gasteiger partial charge in [0.2, 0.25) is 5.91 Å². The van der Waals surface area contributed by atoms with Gasteiger partial charge in [-0.3, -0.25) is 9.59 Å². The Bertz CT molecular complexity index is 363. The van der Waals surface area contributed by atoms with Crippen molar-refractivity contribution in [1.82, 2.24) is 4.90 Å². The largest absolute Gasteiger partial charge is 0.466 e. The third-order valence-corrected chi connectivity index (χ3v) is 3.87. The van der Waals surface area contributed by atoms with Gasteiger partial charge in [-0.2, -0.15) is 13.2 Å². The zero-order valence-electron chi connectivity index (χ0n) is 12.4. The van der Waals surface area contributed by atoms with Crippen molar-refractivity contribution in [3.63, 3.8) is 0 Å². The predicted octanol–water partition coefficient (Wildman–Crippen LogP) is 2.77. The van der Waals surface area contributed by atoms with Crippen LogP contribution in [-0.2, 0) is 14.3 Å². The highest BCUT2D eigenvalue weighted by atomic mass is 19.4. The summed E-state index contributed by atoms with van der Waals surface area (Å²) in [5.74, 6) is -2.21. The minimum Gasteiger partial charge on any atom is -0.466 e. The Kier molecular flexibility index (Phi) is 6.48. The summed E-state index contributed by atoms with van der Waals surface area (Å²) >= 11 is 0. The fraction of sp³-hybridized carbons (Fsp3) is 0.857. The number of hydrogen-bond donors (Lipinski definition) is 0. The van der Waals surface area contributed by atoms with E-state index in [1.807, 2.05) is 0 Å². The fourth-order valence-corrected chi connectivity index (χ4v) is 2.58. The molecule has 7 heteroatoms. The van der Waals surface area contributed by atoms with Crippen LogP contribution in [0.1, 0.15) is 39.0 Å². The first-order valence-electron chi connectivity index (χ1n) is 7.23. The van der Waals surface area contributed by atoms with Crippen molar-refractivity contribution in [1.29, 1.82) is 0 Å². The van der Waals surface area contributed by atoms with Crippen LogP contribution < -0.4 is 0 Å². The fourth-order valence-electron chi connectivity index (χ4n) is 2.58. The summed E-state index contributed by atoms with van der Waals surface area (Å²) in [6.45, 7) is 2.22. The van der Waals surface area contributed by atoms with E-state index in [2.05, 4.69) is 0 Å². The number of halogens is 3. The maximum atomic E-state index is 12.6. The molecular weight excluding hydrogens is 287 g/mol. The van der Waals surface area contributed by atoms with Gasteiger partial charge in [0.05, 0.1) is 18.9 Å². The summed E-state index contributed by atoms with van der Waals surface area (Å²) in [7, 11) is 1.57. The lowest BCUT2D eigenvalue weighted by atomic mass is 9.81. The molecule has 1 aliphatic rings. The van der Waals surface area contributed by atoms with Crippen molar-refractivity contribution in [2.24, 2.45) is 11.8 Å². The maximum Gasteiger partial charge on any atom is 0.391 e. The molecule has 1 fully saturated rings. The molecule has 1 saturated carbocycles. The zero-order valence-corrected chi connectivity index (χ0v) is 12.4. The highest BCUT2D eigenvalue weighted by Gasteiger charge is 2.42. The molecule has 0 aromatic carbocycles. The van der Waals surface area contributed by atoms with Crippen LogP contribution in [0.4, 0.5) is 13.2 Å². The van der Waals surface area contributed by atoms with Crippen molar-refractivity contribution < 1.29 is 27.5 Å². The van der Waals surface area contributed by atoms with Gasteiger partial charge in [-0.15, -0.1) is 0 Å². The summed E-state index contributed by atoms with van der Waals surface area (Å²) in [4.78, 5) is 24.7. The highest BCUT2D eigenvalue weighted by Crippen LogP contribution is 2.39. The molecule has 1 rings (SSSR count). The normalized spacial score (nSPS) is 22.7. The average Bonchev–Trinajstić information content (AvgIpc) is 2.43. The summed E-state index contributed by atoms with van der Waals surface area (Å²) in [6.07, 6.45) is -3.53. The third-order valence-electron chi connectivity index (χ3n) is 3.87. The molecule has 0 spiro atoms. The first kappa shape index (κ1) is 17.8. The maximum absolute atomic E-state index is 12.6. The molecule has 0 bridgehead atoms. The van der Waals surface area contributed by atoms with E-state index in [9.17, 15) is 22.8 Å². The number of ether oxygens (including phenoxy) is 1. The number of hydrogen-bond acceptors (Lipinski definition) is 3. The molecule has 1 aliphatic carbocycles. The lowest BCUT2D eigenvalue weighted by Crippen LogP contribution is -2.38. The minimum atomic E-state index is -4.16. The minimum absolute atomic E-state index is 0.00558. The van der Waals surface area contributed by atoms with Crippen LogP contribution in [0.3, 0.4) is 0 Å². The third kappa shape index (κ3) is 5.55. The molecule has 0 aromatic heterocycles. The summed E-state index contributed by atoms with van der Waals surface area (Å²) < 4.78 is 42.5. The zero-order chi connectivity index (χ0) is 16.0. The molecule has 122 valence electrons. The Morgan fingerprint density at radius 1 is 1.19 bits per heavy atom. The second-order valence-electron chi connectivity index (χ2n) is 5.40. The second-order valence-corrected chi connectivity index (χ2v) is 5.40. The first-order chi connectivity index (χ1) is 9.75. The quantitative estimate of drug-likeness (QED) is 0.734. The van der Waals surface area contributed by atoms with Crippen LogP contribution in [0.2, 0.25) is 0 Å². The van der Waals surface area contributed by atoms with Gasteiger partial charge in [0, 0.05) is 19.5 Å². The van der Waals surface area contributed by atoms with E-state index in [4.69, 9.17) is 4.74 Å². The smallest absolute Gasteiger partial charge is 0.391 e. The number of carbonyl (C=O) groups excluding carboxylic acids is 2. The van der Waals surface area contributed by atoms with E-state index in [1.54, 1.807) is 14.0 Å². The van der Waals surface area contributed by atoms with Crippen LogP contribution in [0.15, 0.2) is 0 Å². The summed E-state index contributed by atoms with van der Waals surface area (Å²) in [5.41, 5.74) is 0. The van der Waals surface area contributed by atoms with Crippen molar-refractivity contribution in [3.05, 3.63) is 0 Å². The van der Waals surface area contributed by atoms with Crippen LogP contribution in [-0.4, -0.2) is 43.2 Å². The number of nitrogens with zero attached hydrogens (tertiary/aromatic N) is 1. The summed E-state index contributed by atoms with van der Waals surface area (Å²) in [5, 5.41) is 0. The number of carbonyl (C=O) groups is 2. The molecule has 0 radical (unpaired) electrons. The standard InChI is InChI=1S/C14H22F3NO3/c1-3-21-12(19)8-9-18(2)13(20)10-4-6-11(7-5-10)14(15,16)17/h10-11H,3-9H2,1-2H3. The molecule has 0 unspecified atom stereocenters. The van der Waals surface area contributed by atoms with Gasteiger partial charge in [0.15, 0.2) is 0 Å². The molecule has 0 N–H and O–H groups in total. The van der Waals surface area contributed by atoms with Gasteiger partial charge in [-0.05, 0) is 32.6 Å². The van der Waals surface area contributed by atoms with Gasteiger partial charge in [0.25, 0.3) is 0 Å². The van der Waals surface area contributed by atoms with E-state index in [-0.39, 0.29) is 63.1 Å². The van der Waals surface area contributed by atoms with Gasteiger partial charge in [-0.25, -0.2) is 0 Å². The SMILES string of the molecule is CCOC(=O)CCN(C)C(=O)C1CCC(C(F)(F)F)CC1.